The minimum Gasteiger partial charge on any atom is -0.370 e. The molecule has 0 bridgehead atoms. The van der Waals surface area contributed by atoms with Gasteiger partial charge >= 0.3 is 0 Å². The third kappa shape index (κ3) is 3.65. The van der Waals surface area contributed by atoms with Gasteiger partial charge in [0.05, 0.1) is 6.54 Å². The van der Waals surface area contributed by atoms with Gasteiger partial charge in [-0.25, -0.2) is 9.97 Å². The Bertz CT molecular complexity index is 385. The number of likely N-dealkylation sites (N-methyl/N-ethyl adjacent to an activating group) is 1. The van der Waals surface area contributed by atoms with Gasteiger partial charge in [-0.2, -0.15) is 0 Å². The summed E-state index contributed by atoms with van der Waals surface area (Å²) in [5.41, 5.74) is 1.03. The zero-order valence-electron chi connectivity index (χ0n) is 11.6. The van der Waals surface area contributed by atoms with Gasteiger partial charge in [-0.05, 0) is 20.9 Å². The summed E-state index contributed by atoms with van der Waals surface area (Å²) in [5.74, 6) is 1.87. The first kappa shape index (κ1) is 13.2. The second-order valence-electron chi connectivity index (χ2n) is 4.92. The SMILES string of the molecule is CCNc1cc(C)nc(CN2CCN(C)CC2)n1. The summed E-state index contributed by atoms with van der Waals surface area (Å²) in [4.78, 5) is 13.9. The average molecular weight is 249 g/mol. The predicted molar refractivity (Wildman–Crippen MR) is 73.7 cm³/mol. The van der Waals surface area contributed by atoms with Crippen molar-refractivity contribution < 1.29 is 0 Å². The fourth-order valence-electron chi connectivity index (χ4n) is 2.18. The van der Waals surface area contributed by atoms with Crippen molar-refractivity contribution in [2.24, 2.45) is 0 Å². The fourth-order valence-corrected chi connectivity index (χ4v) is 2.18. The van der Waals surface area contributed by atoms with Gasteiger partial charge in [0, 0.05) is 44.5 Å². The molecule has 0 unspecified atom stereocenters. The van der Waals surface area contributed by atoms with E-state index >= 15 is 0 Å². The Balaban J connectivity index is 2.00. The minimum absolute atomic E-state index is 0.855. The van der Waals surface area contributed by atoms with Crippen LogP contribution < -0.4 is 5.32 Å². The third-order valence-corrected chi connectivity index (χ3v) is 3.22. The molecule has 5 nitrogen and oxygen atoms in total. The second-order valence-corrected chi connectivity index (χ2v) is 4.92. The molecular formula is C13H23N5. The lowest BCUT2D eigenvalue weighted by molar-refractivity contribution is 0.145. The fraction of sp³-hybridized carbons (Fsp3) is 0.692. The summed E-state index contributed by atoms with van der Waals surface area (Å²) in [6.45, 7) is 10.3. The highest BCUT2D eigenvalue weighted by Crippen LogP contribution is 2.09. The van der Waals surface area contributed by atoms with Crippen molar-refractivity contribution in [1.29, 1.82) is 0 Å². The molecule has 1 aliphatic rings. The molecule has 18 heavy (non-hydrogen) atoms. The van der Waals surface area contributed by atoms with Crippen LogP contribution >= 0.6 is 0 Å². The molecule has 1 aromatic heterocycles. The van der Waals surface area contributed by atoms with Crippen LogP contribution in [0.4, 0.5) is 5.82 Å². The molecule has 1 aliphatic heterocycles. The molecule has 1 aromatic rings. The lowest BCUT2D eigenvalue weighted by Gasteiger charge is -2.31. The molecule has 2 heterocycles. The Morgan fingerprint density at radius 2 is 1.94 bits per heavy atom. The van der Waals surface area contributed by atoms with Crippen molar-refractivity contribution in [1.82, 2.24) is 19.8 Å². The van der Waals surface area contributed by atoms with E-state index in [4.69, 9.17) is 0 Å². The molecule has 0 spiro atoms. The number of rotatable bonds is 4. The third-order valence-electron chi connectivity index (χ3n) is 3.22. The Morgan fingerprint density at radius 1 is 1.22 bits per heavy atom. The zero-order chi connectivity index (χ0) is 13.0. The molecule has 0 radical (unpaired) electrons. The number of nitrogens with one attached hydrogen (secondary N) is 1. The van der Waals surface area contributed by atoms with Crippen molar-refractivity contribution in [2.45, 2.75) is 20.4 Å². The maximum Gasteiger partial charge on any atom is 0.144 e. The summed E-state index contributed by atoms with van der Waals surface area (Å²) in [5, 5.41) is 3.26. The topological polar surface area (TPSA) is 44.3 Å². The Kier molecular flexibility index (Phi) is 4.49. The van der Waals surface area contributed by atoms with E-state index in [0.717, 1.165) is 56.6 Å². The highest BCUT2D eigenvalue weighted by molar-refractivity contribution is 5.35. The Hall–Kier alpha value is -1.20. The summed E-state index contributed by atoms with van der Waals surface area (Å²) < 4.78 is 0. The van der Waals surface area contributed by atoms with Gasteiger partial charge < -0.3 is 10.2 Å². The maximum absolute atomic E-state index is 4.56. The van der Waals surface area contributed by atoms with Crippen LogP contribution in [0.3, 0.4) is 0 Å². The van der Waals surface area contributed by atoms with Gasteiger partial charge in [0.1, 0.15) is 11.6 Å². The predicted octanol–water partition coefficient (Wildman–Crippen LogP) is 0.964. The van der Waals surface area contributed by atoms with Gasteiger partial charge in [-0.1, -0.05) is 0 Å². The van der Waals surface area contributed by atoms with Gasteiger partial charge in [0.15, 0.2) is 0 Å². The van der Waals surface area contributed by atoms with Gasteiger partial charge in [-0.15, -0.1) is 0 Å². The molecular weight excluding hydrogens is 226 g/mol. The summed E-state index contributed by atoms with van der Waals surface area (Å²) >= 11 is 0. The molecule has 0 aromatic carbocycles. The first-order chi connectivity index (χ1) is 8.67. The standard InChI is InChI=1S/C13H23N5/c1-4-14-12-9-11(2)15-13(16-12)10-18-7-5-17(3)6-8-18/h9H,4-8,10H2,1-3H3,(H,14,15,16). The molecule has 5 heteroatoms. The van der Waals surface area contributed by atoms with Crippen LogP contribution in [0.5, 0.6) is 0 Å². The molecule has 0 amide bonds. The maximum atomic E-state index is 4.56. The molecule has 100 valence electrons. The molecule has 0 saturated carbocycles. The lowest BCUT2D eigenvalue weighted by atomic mass is 10.3. The van der Waals surface area contributed by atoms with Crippen LogP contribution in [0.15, 0.2) is 6.07 Å². The van der Waals surface area contributed by atoms with Crippen LogP contribution in [0, 0.1) is 6.92 Å². The number of aromatic nitrogens is 2. The first-order valence-corrected chi connectivity index (χ1v) is 6.66. The summed E-state index contributed by atoms with van der Waals surface area (Å²) in [7, 11) is 2.17. The Labute approximate surface area is 109 Å². The van der Waals surface area contributed by atoms with Gasteiger partial charge in [-0.3, -0.25) is 4.90 Å². The van der Waals surface area contributed by atoms with Crippen molar-refractivity contribution in [3.63, 3.8) is 0 Å². The van der Waals surface area contributed by atoms with Crippen molar-refractivity contribution >= 4 is 5.82 Å². The number of aryl methyl sites for hydroxylation is 1. The number of piperazine rings is 1. The van der Waals surface area contributed by atoms with E-state index in [9.17, 15) is 0 Å². The van der Waals surface area contributed by atoms with Crippen molar-refractivity contribution in [3.05, 3.63) is 17.6 Å². The number of hydrogen-bond acceptors (Lipinski definition) is 5. The number of nitrogens with zero attached hydrogens (tertiary/aromatic N) is 4. The minimum atomic E-state index is 0.855. The van der Waals surface area contributed by atoms with Crippen LogP contribution in [-0.4, -0.2) is 59.5 Å². The van der Waals surface area contributed by atoms with E-state index in [2.05, 4.69) is 39.1 Å². The van der Waals surface area contributed by atoms with Crippen molar-refractivity contribution in [2.75, 3.05) is 45.1 Å². The van der Waals surface area contributed by atoms with Gasteiger partial charge in [0.25, 0.3) is 0 Å². The first-order valence-electron chi connectivity index (χ1n) is 6.66. The zero-order valence-corrected chi connectivity index (χ0v) is 11.6. The number of anilines is 1. The second kappa shape index (κ2) is 6.11. The van der Waals surface area contributed by atoms with Crippen LogP contribution in [0.25, 0.3) is 0 Å². The highest BCUT2D eigenvalue weighted by Gasteiger charge is 2.15. The van der Waals surface area contributed by atoms with Crippen LogP contribution in [0.1, 0.15) is 18.4 Å². The monoisotopic (exact) mass is 249 g/mol. The van der Waals surface area contributed by atoms with Gasteiger partial charge in [0.2, 0.25) is 0 Å². The van der Waals surface area contributed by atoms with E-state index in [-0.39, 0.29) is 0 Å². The van der Waals surface area contributed by atoms with E-state index in [1.54, 1.807) is 0 Å². The van der Waals surface area contributed by atoms with E-state index in [0.29, 0.717) is 0 Å². The highest BCUT2D eigenvalue weighted by atomic mass is 15.3. The largest absolute Gasteiger partial charge is 0.370 e. The van der Waals surface area contributed by atoms with E-state index in [1.807, 2.05) is 13.0 Å². The van der Waals surface area contributed by atoms with E-state index in [1.165, 1.54) is 0 Å². The Morgan fingerprint density at radius 3 is 2.61 bits per heavy atom. The van der Waals surface area contributed by atoms with Crippen LogP contribution in [0.2, 0.25) is 0 Å². The molecule has 0 atom stereocenters. The van der Waals surface area contributed by atoms with E-state index < -0.39 is 0 Å². The smallest absolute Gasteiger partial charge is 0.144 e. The molecule has 0 aliphatic carbocycles. The average Bonchev–Trinajstić information content (AvgIpc) is 2.32. The molecule has 1 N–H and O–H groups in total. The lowest BCUT2D eigenvalue weighted by Crippen LogP contribution is -2.44. The number of hydrogen-bond donors (Lipinski definition) is 1. The van der Waals surface area contributed by atoms with Crippen LogP contribution in [-0.2, 0) is 6.54 Å². The summed E-state index contributed by atoms with van der Waals surface area (Å²) in [6.07, 6.45) is 0. The summed E-state index contributed by atoms with van der Waals surface area (Å²) in [6, 6.07) is 2.00. The quantitative estimate of drug-likeness (QED) is 0.861. The molecule has 2 rings (SSSR count). The molecule has 1 saturated heterocycles. The normalized spacial score (nSPS) is 17.9. The van der Waals surface area contributed by atoms with Crippen molar-refractivity contribution in [3.8, 4) is 0 Å². The molecule has 1 fully saturated rings.